The largest absolute Gasteiger partial charge is 0.352 e. The maximum absolute atomic E-state index is 11.5. The first-order valence-corrected chi connectivity index (χ1v) is 6.01. The SMILES string of the molecule is O=C(CNc1nccs1)NCc1ccncc1. The van der Waals surface area contributed by atoms with Gasteiger partial charge >= 0.3 is 0 Å². The minimum Gasteiger partial charge on any atom is -0.352 e. The Morgan fingerprint density at radius 3 is 2.82 bits per heavy atom. The number of thiazole rings is 1. The molecule has 0 saturated heterocycles. The van der Waals surface area contributed by atoms with Crippen LogP contribution in [0.25, 0.3) is 0 Å². The lowest BCUT2D eigenvalue weighted by Crippen LogP contribution is -2.29. The monoisotopic (exact) mass is 248 g/mol. The van der Waals surface area contributed by atoms with Crippen molar-refractivity contribution >= 4 is 22.4 Å². The van der Waals surface area contributed by atoms with E-state index in [2.05, 4.69) is 20.6 Å². The third-order valence-corrected chi connectivity index (χ3v) is 2.80. The fourth-order valence-corrected chi connectivity index (χ4v) is 1.76. The fraction of sp³-hybridized carbons (Fsp3) is 0.182. The molecular weight excluding hydrogens is 236 g/mol. The summed E-state index contributed by atoms with van der Waals surface area (Å²) in [6, 6.07) is 3.74. The van der Waals surface area contributed by atoms with Gasteiger partial charge in [0, 0.05) is 30.5 Å². The van der Waals surface area contributed by atoms with E-state index in [1.165, 1.54) is 11.3 Å². The molecule has 2 rings (SSSR count). The highest BCUT2D eigenvalue weighted by atomic mass is 32.1. The molecule has 2 heterocycles. The molecule has 0 saturated carbocycles. The molecule has 0 bridgehead atoms. The molecule has 2 N–H and O–H groups in total. The molecule has 2 aromatic rings. The van der Waals surface area contributed by atoms with Crippen LogP contribution >= 0.6 is 11.3 Å². The number of hydrogen-bond donors (Lipinski definition) is 2. The van der Waals surface area contributed by atoms with Crippen LogP contribution in [0, 0.1) is 0 Å². The van der Waals surface area contributed by atoms with Crippen molar-refractivity contribution in [3.63, 3.8) is 0 Å². The van der Waals surface area contributed by atoms with Gasteiger partial charge in [-0.15, -0.1) is 11.3 Å². The van der Waals surface area contributed by atoms with Crippen LogP contribution in [0.15, 0.2) is 36.1 Å². The Morgan fingerprint density at radius 2 is 2.12 bits per heavy atom. The van der Waals surface area contributed by atoms with Crippen LogP contribution in [0.2, 0.25) is 0 Å². The van der Waals surface area contributed by atoms with E-state index >= 15 is 0 Å². The van der Waals surface area contributed by atoms with Crippen LogP contribution in [0.3, 0.4) is 0 Å². The summed E-state index contributed by atoms with van der Waals surface area (Å²) in [5.41, 5.74) is 1.03. The van der Waals surface area contributed by atoms with Gasteiger partial charge in [0.2, 0.25) is 5.91 Å². The molecular formula is C11H12N4OS. The van der Waals surface area contributed by atoms with Gasteiger partial charge in [-0.3, -0.25) is 9.78 Å². The van der Waals surface area contributed by atoms with Gasteiger partial charge in [-0.05, 0) is 17.7 Å². The topological polar surface area (TPSA) is 66.9 Å². The Bertz CT molecular complexity index is 458. The number of amides is 1. The Kier molecular flexibility index (Phi) is 4.04. The van der Waals surface area contributed by atoms with Crippen molar-refractivity contribution in [2.75, 3.05) is 11.9 Å². The molecule has 5 nitrogen and oxygen atoms in total. The molecule has 2 aromatic heterocycles. The highest BCUT2D eigenvalue weighted by molar-refractivity contribution is 7.13. The van der Waals surface area contributed by atoms with Crippen LogP contribution in [-0.4, -0.2) is 22.4 Å². The number of pyridine rings is 1. The van der Waals surface area contributed by atoms with E-state index in [0.717, 1.165) is 10.7 Å². The van der Waals surface area contributed by atoms with Gasteiger partial charge in [-0.2, -0.15) is 0 Å². The van der Waals surface area contributed by atoms with Crippen LogP contribution < -0.4 is 10.6 Å². The van der Waals surface area contributed by atoms with Crippen molar-refractivity contribution in [2.45, 2.75) is 6.54 Å². The third-order valence-electron chi connectivity index (χ3n) is 2.07. The lowest BCUT2D eigenvalue weighted by Gasteiger charge is -2.05. The van der Waals surface area contributed by atoms with E-state index in [4.69, 9.17) is 0 Å². The van der Waals surface area contributed by atoms with Gasteiger partial charge in [-0.1, -0.05) is 0 Å². The van der Waals surface area contributed by atoms with E-state index in [-0.39, 0.29) is 12.5 Å². The van der Waals surface area contributed by atoms with Gasteiger partial charge in [0.25, 0.3) is 0 Å². The first-order chi connectivity index (χ1) is 8.34. The molecule has 88 valence electrons. The number of aromatic nitrogens is 2. The van der Waals surface area contributed by atoms with Gasteiger partial charge < -0.3 is 10.6 Å². The Morgan fingerprint density at radius 1 is 1.29 bits per heavy atom. The standard InChI is InChI=1S/C11H12N4OS/c16-10(8-15-11-13-5-6-17-11)14-7-9-1-3-12-4-2-9/h1-6H,7-8H2,(H,13,15)(H,14,16). The van der Waals surface area contributed by atoms with Gasteiger partial charge in [0.1, 0.15) is 0 Å². The molecule has 0 spiro atoms. The average Bonchev–Trinajstić information content (AvgIpc) is 2.88. The zero-order valence-corrected chi connectivity index (χ0v) is 9.91. The molecule has 0 aliphatic heterocycles. The summed E-state index contributed by atoms with van der Waals surface area (Å²) in [6.07, 6.45) is 5.10. The number of carbonyl (C=O) groups excluding carboxylic acids is 1. The van der Waals surface area contributed by atoms with Crippen molar-refractivity contribution in [2.24, 2.45) is 0 Å². The maximum atomic E-state index is 11.5. The van der Waals surface area contributed by atoms with E-state index in [0.29, 0.717) is 6.54 Å². The normalized spacial score (nSPS) is 9.88. The minimum atomic E-state index is -0.0583. The van der Waals surface area contributed by atoms with E-state index in [1.807, 2.05) is 17.5 Å². The minimum absolute atomic E-state index is 0.0583. The molecule has 0 fully saturated rings. The third kappa shape index (κ3) is 3.84. The number of nitrogens with one attached hydrogen (secondary N) is 2. The second-order valence-electron chi connectivity index (χ2n) is 3.32. The molecule has 17 heavy (non-hydrogen) atoms. The van der Waals surface area contributed by atoms with Crippen molar-refractivity contribution < 1.29 is 4.79 Å². The molecule has 0 aromatic carbocycles. The lowest BCUT2D eigenvalue weighted by atomic mass is 10.3. The first-order valence-electron chi connectivity index (χ1n) is 5.13. The summed E-state index contributed by atoms with van der Waals surface area (Å²) < 4.78 is 0. The van der Waals surface area contributed by atoms with Crippen LogP contribution in [0.4, 0.5) is 5.13 Å². The van der Waals surface area contributed by atoms with Crippen molar-refractivity contribution in [1.29, 1.82) is 0 Å². The molecule has 0 atom stereocenters. The quantitative estimate of drug-likeness (QED) is 0.836. The molecule has 1 amide bonds. The number of anilines is 1. The molecule has 0 radical (unpaired) electrons. The van der Waals surface area contributed by atoms with Crippen LogP contribution in [0.5, 0.6) is 0 Å². The zero-order valence-electron chi connectivity index (χ0n) is 9.09. The zero-order chi connectivity index (χ0) is 11.9. The van der Waals surface area contributed by atoms with Crippen molar-refractivity contribution in [3.8, 4) is 0 Å². The summed E-state index contributed by atoms with van der Waals surface area (Å²) in [6.45, 7) is 0.750. The molecule has 6 heteroatoms. The second-order valence-corrected chi connectivity index (χ2v) is 4.22. The lowest BCUT2D eigenvalue weighted by molar-refractivity contribution is -0.119. The second kappa shape index (κ2) is 5.95. The Hall–Kier alpha value is -1.95. The number of carbonyl (C=O) groups is 1. The summed E-state index contributed by atoms with van der Waals surface area (Å²) in [7, 11) is 0. The van der Waals surface area contributed by atoms with E-state index < -0.39 is 0 Å². The number of rotatable bonds is 5. The Balaban J connectivity index is 1.71. The van der Waals surface area contributed by atoms with Gasteiger partial charge in [0.15, 0.2) is 5.13 Å². The van der Waals surface area contributed by atoms with Gasteiger partial charge in [0.05, 0.1) is 6.54 Å². The molecule has 0 aliphatic rings. The number of hydrogen-bond acceptors (Lipinski definition) is 5. The fourth-order valence-electron chi connectivity index (χ4n) is 1.23. The van der Waals surface area contributed by atoms with Crippen molar-refractivity contribution in [3.05, 3.63) is 41.7 Å². The maximum Gasteiger partial charge on any atom is 0.239 e. The highest BCUT2D eigenvalue weighted by Gasteiger charge is 2.01. The van der Waals surface area contributed by atoms with Crippen LogP contribution in [-0.2, 0) is 11.3 Å². The molecule has 0 unspecified atom stereocenters. The summed E-state index contributed by atoms with van der Waals surface area (Å²) >= 11 is 1.47. The molecule has 0 aliphatic carbocycles. The highest BCUT2D eigenvalue weighted by Crippen LogP contribution is 2.09. The summed E-state index contributed by atoms with van der Waals surface area (Å²) in [5, 5.41) is 8.36. The average molecular weight is 248 g/mol. The van der Waals surface area contributed by atoms with E-state index in [9.17, 15) is 4.79 Å². The predicted octanol–water partition coefficient (Wildman–Crippen LogP) is 1.27. The smallest absolute Gasteiger partial charge is 0.239 e. The predicted molar refractivity (Wildman–Crippen MR) is 66.7 cm³/mol. The van der Waals surface area contributed by atoms with E-state index in [1.54, 1.807) is 18.6 Å². The summed E-state index contributed by atoms with van der Waals surface area (Å²) in [5.74, 6) is -0.0583. The van der Waals surface area contributed by atoms with Gasteiger partial charge in [-0.25, -0.2) is 4.98 Å². The number of nitrogens with zero attached hydrogens (tertiary/aromatic N) is 2. The van der Waals surface area contributed by atoms with Crippen molar-refractivity contribution in [1.82, 2.24) is 15.3 Å². The van der Waals surface area contributed by atoms with Crippen LogP contribution in [0.1, 0.15) is 5.56 Å². The Labute approximate surface area is 103 Å². The summed E-state index contributed by atoms with van der Waals surface area (Å²) in [4.78, 5) is 19.4. The first kappa shape index (κ1) is 11.5.